The number of hydrogen-bond donors (Lipinski definition) is 0. The van der Waals surface area contributed by atoms with Crippen LogP contribution in [-0.2, 0) is 0 Å². The zero-order valence-electron chi connectivity index (χ0n) is 7.14. The molecule has 0 aliphatic carbocycles. The van der Waals surface area contributed by atoms with E-state index in [1.165, 1.54) is 0 Å². The SMILES string of the molecule is Clc1ccnc(-[n+]2ccccc2)n1.[Cl-]. The lowest BCUT2D eigenvalue weighted by molar-refractivity contribution is -0.603. The molecule has 0 N–H and O–H groups in total. The van der Waals surface area contributed by atoms with Crippen LogP contribution < -0.4 is 17.0 Å². The average Bonchev–Trinajstić information content (AvgIpc) is 2.19. The Balaban J connectivity index is 0.000000980. The van der Waals surface area contributed by atoms with Crippen LogP contribution >= 0.6 is 11.6 Å². The van der Waals surface area contributed by atoms with Crippen LogP contribution in [0.15, 0.2) is 42.9 Å². The van der Waals surface area contributed by atoms with E-state index in [-0.39, 0.29) is 12.4 Å². The van der Waals surface area contributed by atoms with Crippen molar-refractivity contribution in [2.24, 2.45) is 0 Å². The van der Waals surface area contributed by atoms with Crippen LogP contribution in [0.1, 0.15) is 0 Å². The highest BCUT2D eigenvalue weighted by Gasteiger charge is 2.08. The van der Waals surface area contributed by atoms with Crippen molar-refractivity contribution in [3.8, 4) is 5.95 Å². The summed E-state index contributed by atoms with van der Waals surface area (Å²) in [5.41, 5.74) is 0. The van der Waals surface area contributed by atoms with Gasteiger partial charge in [-0.15, -0.1) is 0 Å². The summed E-state index contributed by atoms with van der Waals surface area (Å²) in [6, 6.07) is 7.39. The van der Waals surface area contributed by atoms with Gasteiger partial charge in [0.1, 0.15) is 6.20 Å². The third-order valence-electron chi connectivity index (χ3n) is 1.56. The first kappa shape index (κ1) is 10.9. The van der Waals surface area contributed by atoms with Gasteiger partial charge in [-0.1, -0.05) is 16.0 Å². The van der Waals surface area contributed by atoms with E-state index in [1.807, 2.05) is 30.6 Å². The Hall–Kier alpha value is -1.19. The molecule has 2 aromatic heterocycles. The van der Waals surface area contributed by atoms with E-state index < -0.39 is 0 Å². The highest BCUT2D eigenvalue weighted by atomic mass is 35.5. The van der Waals surface area contributed by atoms with E-state index in [0.29, 0.717) is 11.1 Å². The topological polar surface area (TPSA) is 29.7 Å². The molecule has 2 aromatic rings. The van der Waals surface area contributed by atoms with Crippen molar-refractivity contribution in [1.82, 2.24) is 9.97 Å². The van der Waals surface area contributed by atoms with Crippen molar-refractivity contribution in [3.05, 3.63) is 48.0 Å². The summed E-state index contributed by atoms with van der Waals surface area (Å²) in [4.78, 5) is 8.14. The second-order valence-corrected chi connectivity index (χ2v) is 2.85. The molecule has 0 radical (unpaired) electrons. The highest BCUT2D eigenvalue weighted by molar-refractivity contribution is 6.29. The lowest BCUT2D eigenvalue weighted by Crippen LogP contribution is -3.00. The molecule has 2 rings (SSSR count). The van der Waals surface area contributed by atoms with Crippen LogP contribution in [0.3, 0.4) is 0 Å². The van der Waals surface area contributed by atoms with Gasteiger partial charge in [-0.05, 0) is 23.7 Å². The first-order valence-corrected chi connectivity index (χ1v) is 4.19. The Labute approximate surface area is 92.8 Å². The van der Waals surface area contributed by atoms with Crippen LogP contribution in [0, 0.1) is 0 Å². The van der Waals surface area contributed by atoms with Crippen molar-refractivity contribution in [1.29, 1.82) is 0 Å². The van der Waals surface area contributed by atoms with Crippen molar-refractivity contribution >= 4 is 11.6 Å². The number of nitrogens with zero attached hydrogens (tertiary/aromatic N) is 3. The molecule has 5 heteroatoms. The minimum absolute atomic E-state index is 0. The van der Waals surface area contributed by atoms with Crippen molar-refractivity contribution in [3.63, 3.8) is 0 Å². The molecule has 0 bridgehead atoms. The summed E-state index contributed by atoms with van der Waals surface area (Å²) in [6.07, 6.45) is 5.36. The molecule has 0 amide bonds. The van der Waals surface area contributed by atoms with Gasteiger partial charge >= 0.3 is 5.95 Å². The Morgan fingerprint density at radius 2 is 1.86 bits per heavy atom. The van der Waals surface area contributed by atoms with Crippen molar-refractivity contribution in [2.75, 3.05) is 0 Å². The van der Waals surface area contributed by atoms with Crippen molar-refractivity contribution < 1.29 is 17.0 Å². The number of hydrogen-bond acceptors (Lipinski definition) is 2. The van der Waals surface area contributed by atoms with Gasteiger partial charge in [-0.25, -0.2) is 4.57 Å². The summed E-state index contributed by atoms with van der Waals surface area (Å²) < 4.78 is 1.80. The molecule has 0 saturated carbocycles. The molecular weight excluding hydrogens is 221 g/mol. The average molecular weight is 228 g/mol. The second kappa shape index (κ2) is 4.88. The number of pyridine rings is 1. The third-order valence-corrected chi connectivity index (χ3v) is 1.77. The molecule has 14 heavy (non-hydrogen) atoms. The van der Waals surface area contributed by atoms with Crippen molar-refractivity contribution in [2.45, 2.75) is 0 Å². The summed E-state index contributed by atoms with van der Waals surface area (Å²) in [6.45, 7) is 0. The number of halogens is 2. The van der Waals surface area contributed by atoms with Crippen LogP contribution in [0.5, 0.6) is 0 Å². The van der Waals surface area contributed by atoms with Gasteiger partial charge in [0.15, 0.2) is 0 Å². The number of rotatable bonds is 1. The zero-order chi connectivity index (χ0) is 9.10. The lowest BCUT2D eigenvalue weighted by Gasteiger charge is -1.92. The molecule has 0 spiro atoms. The summed E-state index contributed by atoms with van der Waals surface area (Å²) in [7, 11) is 0. The smallest absolute Gasteiger partial charge is 0.438 e. The number of aromatic nitrogens is 3. The minimum atomic E-state index is 0. The Bertz CT molecular complexity index is 406. The highest BCUT2D eigenvalue weighted by Crippen LogP contribution is 2.01. The molecule has 2 heterocycles. The predicted molar refractivity (Wildman–Crippen MR) is 48.6 cm³/mol. The Morgan fingerprint density at radius 1 is 1.14 bits per heavy atom. The monoisotopic (exact) mass is 227 g/mol. The first-order valence-electron chi connectivity index (χ1n) is 3.81. The second-order valence-electron chi connectivity index (χ2n) is 2.46. The molecule has 3 nitrogen and oxygen atoms in total. The Kier molecular flexibility index (Phi) is 3.80. The molecule has 72 valence electrons. The van der Waals surface area contributed by atoms with E-state index in [4.69, 9.17) is 11.6 Å². The fourth-order valence-corrected chi connectivity index (χ4v) is 1.12. The van der Waals surface area contributed by atoms with E-state index in [9.17, 15) is 0 Å². The third kappa shape index (κ3) is 2.40. The van der Waals surface area contributed by atoms with E-state index in [2.05, 4.69) is 9.97 Å². The first-order chi connectivity index (χ1) is 6.36. The van der Waals surface area contributed by atoms with E-state index in [1.54, 1.807) is 16.8 Å². The molecule has 0 unspecified atom stereocenters. The van der Waals surface area contributed by atoms with Crippen LogP contribution in [0.4, 0.5) is 0 Å². The molecule has 0 fully saturated rings. The normalized spacial score (nSPS) is 9.21. The largest absolute Gasteiger partial charge is 1.00 e. The lowest BCUT2D eigenvalue weighted by atomic mass is 10.5. The van der Waals surface area contributed by atoms with Gasteiger partial charge in [0.05, 0.1) is 12.4 Å². The van der Waals surface area contributed by atoms with Gasteiger partial charge in [0, 0.05) is 6.07 Å². The Morgan fingerprint density at radius 3 is 2.50 bits per heavy atom. The maximum Gasteiger partial charge on any atom is 0.438 e. The summed E-state index contributed by atoms with van der Waals surface area (Å²) in [5, 5.41) is 0.446. The molecular formula is C9H7Cl2N3. The van der Waals surface area contributed by atoms with Gasteiger partial charge in [0.25, 0.3) is 0 Å². The van der Waals surface area contributed by atoms with Crippen LogP contribution in [0.25, 0.3) is 5.95 Å². The maximum absolute atomic E-state index is 5.73. The maximum atomic E-state index is 5.73. The van der Waals surface area contributed by atoms with Gasteiger partial charge in [-0.3, -0.25) is 0 Å². The predicted octanol–water partition coefficient (Wildman–Crippen LogP) is -1.59. The van der Waals surface area contributed by atoms with Crippen LogP contribution in [0.2, 0.25) is 5.15 Å². The van der Waals surface area contributed by atoms with E-state index in [0.717, 1.165) is 0 Å². The zero-order valence-corrected chi connectivity index (χ0v) is 8.65. The molecule has 0 aromatic carbocycles. The quantitative estimate of drug-likeness (QED) is 0.435. The van der Waals surface area contributed by atoms with Gasteiger partial charge < -0.3 is 12.4 Å². The molecule has 0 aliphatic rings. The fourth-order valence-electron chi connectivity index (χ4n) is 0.984. The minimum Gasteiger partial charge on any atom is -1.00 e. The molecule has 0 saturated heterocycles. The fraction of sp³-hybridized carbons (Fsp3) is 0. The van der Waals surface area contributed by atoms with Gasteiger partial charge in [-0.2, -0.15) is 0 Å². The summed E-state index contributed by atoms with van der Waals surface area (Å²) >= 11 is 5.73. The molecule has 0 atom stereocenters. The standard InChI is InChI=1S/C9H7ClN3.ClH/c10-8-4-5-11-9(12-8)13-6-2-1-3-7-13;/h1-7H;1H/q+1;/p-1. The van der Waals surface area contributed by atoms with Crippen LogP contribution in [-0.4, -0.2) is 9.97 Å². The van der Waals surface area contributed by atoms with Gasteiger partial charge in [0.2, 0.25) is 5.15 Å². The van der Waals surface area contributed by atoms with E-state index >= 15 is 0 Å². The summed E-state index contributed by atoms with van der Waals surface area (Å²) in [5.74, 6) is 0.577. The molecule has 0 aliphatic heterocycles.